The largest absolute Gasteiger partial charge is 0.481 e. The highest BCUT2D eigenvalue weighted by molar-refractivity contribution is 8.19. The minimum absolute atomic E-state index is 0.0590. The van der Waals surface area contributed by atoms with E-state index in [-0.39, 0.29) is 44.0 Å². The molecule has 5 aliphatic heterocycles. The first-order chi connectivity index (χ1) is 37.3. The van der Waals surface area contributed by atoms with E-state index in [2.05, 4.69) is 40.8 Å². The van der Waals surface area contributed by atoms with E-state index in [1.807, 2.05) is 82.3 Å². The molecule has 11 rings (SSSR count). The predicted molar refractivity (Wildman–Crippen MR) is 297 cm³/mol. The Morgan fingerprint density at radius 3 is 1.56 bits per heavy atom. The van der Waals surface area contributed by atoms with Crippen molar-refractivity contribution in [3.8, 4) is 0 Å². The standard InChI is InChI=1S/C34H29N7O6S2.C20H20N4O4S/c1-34(2,3)47-31(44)20-5-4-10-41(15-20,27-21-11-18(6-8-23(21)35-16-37-27)13-25-29(42)39-32(45)48-25)28-22-12-19(7-9-24(22)36-17-38-28)14-26-30(43)40-33(46)49-26;1-2-13-9-12(19(26)27)5-6-24(13)17-14-7-11(3-4-15(14)21-10-22-17)8-16-18(25)23-20(28)29-16/h6-9,11-14,16-17,20H,4-5,10,15H2,1-3H3,(H-,39,40,42,43,45,46);3-4,7-8,10,12-13H,2,5-6,9H2,1H3,(H,26,27)(H,23,25,28)/p+1. The van der Waals surface area contributed by atoms with Crippen molar-refractivity contribution >= 4 is 149 Å². The fraction of sp³-hybridized carbons (Fsp3) is 0.296. The molecule has 24 heteroatoms. The van der Waals surface area contributed by atoms with Crippen molar-refractivity contribution in [1.29, 1.82) is 0 Å². The summed E-state index contributed by atoms with van der Waals surface area (Å²) in [6, 6.07) is 16.7. The van der Waals surface area contributed by atoms with E-state index in [0.717, 1.165) is 64.0 Å². The number of thioether (sulfide) groups is 3. The molecule has 6 aromatic rings. The Kier molecular flexibility index (Phi) is 15.0. The number of nitrogens with zero attached hydrogens (tertiary/aromatic N) is 8. The van der Waals surface area contributed by atoms with Gasteiger partial charge < -0.3 is 14.7 Å². The quantitative estimate of drug-likeness (QED) is 0.0598. The summed E-state index contributed by atoms with van der Waals surface area (Å²) in [7, 11) is 0. The lowest BCUT2D eigenvalue weighted by Gasteiger charge is -2.41. The van der Waals surface area contributed by atoms with Crippen LogP contribution < -0.4 is 25.3 Å². The maximum absolute atomic E-state index is 13.7. The second-order valence-corrected chi connectivity index (χ2v) is 23.1. The molecule has 3 aromatic carbocycles. The molecule has 3 aromatic heterocycles. The number of imide groups is 3. The van der Waals surface area contributed by atoms with Crippen LogP contribution in [0.15, 0.2) is 88.3 Å². The molecule has 5 fully saturated rings. The molecule has 0 spiro atoms. The molecule has 0 aliphatic carbocycles. The number of carboxylic acid groups (broad SMARTS) is 1. The van der Waals surface area contributed by atoms with Crippen LogP contribution in [-0.2, 0) is 28.7 Å². The number of amides is 6. The van der Waals surface area contributed by atoms with Crippen molar-refractivity contribution in [2.75, 3.05) is 24.5 Å². The van der Waals surface area contributed by atoms with E-state index in [1.165, 1.54) is 19.0 Å². The van der Waals surface area contributed by atoms with E-state index in [9.17, 15) is 43.5 Å². The van der Waals surface area contributed by atoms with Gasteiger partial charge in [0, 0.05) is 18.0 Å². The van der Waals surface area contributed by atoms with E-state index in [4.69, 9.17) is 14.7 Å². The smallest absolute Gasteiger partial charge is 0.315 e. The Labute approximate surface area is 458 Å². The highest BCUT2D eigenvalue weighted by Gasteiger charge is 2.47. The maximum Gasteiger partial charge on any atom is 0.315 e. The Morgan fingerprint density at radius 2 is 1.13 bits per heavy atom. The van der Waals surface area contributed by atoms with Crippen molar-refractivity contribution < 1.29 is 48.2 Å². The normalized spacial score (nSPS) is 23.3. The van der Waals surface area contributed by atoms with Gasteiger partial charge in [-0.1, -0.05) is 25.1 Å². The summed E-state index contributed by atoms with van der Waals surface area (Å²) < 4.78 is 5.94. The van der Waals surface area contributed by atoms with Crippen LogP contribution >= 0.6 is 35.3 Å². The fourth-order valence-corrected chi connectivity index (χ4v) is 12.3. The number of anilines is 1. The average Bonchev–Trinajstić information content (AvgIpc) is 4.19. The number of rotatable bonds is 9. The first kappa shape index (κ1) is 53.5. The molecule has 398 valence electrons. The first-order valence-electron chi connectivity index (χ1n) is 24.9. The summed E-state index contributed by atoms with van der Waals surface area (Å²) in [6.45, 7) is 8.99. The Bertz CT molecular complexity index is 3530. The summed E-state index contributed by atoms with van der Waals surface area (Å²) in [4.78, 5) is 127. The lowest BCUT2D eigenvalue weighted by atomic mass is 9.89. The fourth-order valence-electron chi connectivity index (χ4n) is 10.2. The number of aliphatic carboxylic acids is 1. The minimum atomic E-state index is -0.744. The number of carboxylic acids is 1. The molecule has 6 amide bonds. The van der Waals surface area contributed by atoms with Crippen molar-refractivity contribution in [1.82, 2.24) is 50.3 Å². The minimum Gasteiger partial charge on any atom is -0.481 e. The summed E-state index contributed by atoms with van der Waals surface area (Å²) in [5, 5.41) is 17.1. The topological polar surface area (TPSA) is 283 Å². The first-order valence-corrected chi connectivity index (χ1v) is 27.4. The molecule has 78 heavy (non-hydrogen) atoms. The molecule has 4 N–H and O–H groups in total. The van der Waals surface area contributed by atoms with Gasteiger partial charge in [-0.3, -0.25) is 54.3 Å². The van der Waals surface area contributed by atoms with Crippen molar-refractivity contribution in [2.45, 2.75) is 71.4 Å². The SMILES string of the molecule is CC(C)(C)OC(=O)C1CCC[N+](c2ncnc3ccc(C=C4SC(=O)NC4=O)cc23)(c2ncnc3ccc(C=C4SC(=O)NC4=O)cc23)C1.CCC1CC(C(=O)O)CCN1c1ncnc2ccc(C=C3SC(=O)NC3=O)cc12. The van der Waals surface area contributed by atoms with E-state index < -0.39 is 45.7 Å². The number of quaternary nitrogens is 1. The molecule has 3 unspecified atom stereocenters. The van der Waals surface area contributed by atoms with Gasteiger partial charge in [0.15, 0.2) is 0 Å². The lowest BCUT2D eigenvalue weighted by molar-refractivity contribution is -0.161. The number of hydrogen-bond donors (Lipinski definition) is 4. The van der Waals surface area contributed by atoms with Gasteiger partial charge in [-0.25, -0.2) is 24.4 Å². The number of piperidine rings is 2. The third kappa shape index (κ3) is 11.2. The maximum atomic E-state index is 13.7. The van der Waals surface area contributed by atoms with Crippen LogP contribution in [0.4, 0.5) is 31.8 Å². The van der Waals surface area contributed by atoms with E-state index >= 15 is 0 Å². The zero-order valence-electron chi connectivity index (χ0n) is 42.5. The van der Waals surface area contributed by atoms with E-state index in [0.29, 0.717) is 88.2 Å². The summed E-state index contributed by atoms with van der Waals surface area (Å²) >= 11 is 2.54. The molecule has 3 atom stereocenters. The number of carbonyl (C=O) groups excluding carboxylic acids is 7. The van der Waals surface area contributed by atoms with Gasteiger partial charge in [0.2, 0.25) is 11.6 Å². The van der Waals surface area contributed by atoms with E-state index in [1.54, 1.807) is 18.2 Å². The zero-order valence-corrected chi connectivity index (χ0v) is 44.9. The molecule has 5 aliphatic rings. The molecule has 0 saturated carbocycles. The highest BCUT2D eigenvalue weighted by atomic mass is 32.2. The predicted octanol–water partition coefficient (Wildman–Crippen LogP) is 8.64. The van der Waals surface area contributed by atoms with Gasteiger partial charge in [-0.15, -0.1) is 0 Å². The Balaban J connectivity index is 0.000000202. The average molecular weight is 1110 g/mol. The molecule has 21 nitrogen and oxygen atoms in total. The monoisotopic (exact) mass is 1110 g/mol. The van der Waals surface area contributed by atoms with Gasteiger partial charge in [-0.2, -0.15) is 9.97 Å². The molecular formula is C54H50N11O10S3+. The number of fused-ring (bicyclic) bond motifs is 3. The van der Waals surface area contributed by atoms with Crippen LogP contribution in [0, 0.1) is 11.8 Å². The van der Waals surface area contributed by atoms with Crippen molar-refractivity contribution in [2.24, 2.45) is 11.8 Å². The lowest BCUT2D eigenvalue weighted by Crippen LogP contribution is -2.54. The Morgan fingerprint density at radius 1 is 0.667 bits per heavy atom. The zero-order chi connectivity index (χ0) is 55.0. The van der Waals surface area contributed by atoms with Gasteiger partial charge in [-0.05, 0) is 159 Å². The third-order valence-corrected chi connectivity index (χ3v) is 16.2. The van der Waals surface area contributed by atoms with Crippen LogP contribution in [0.5, 0.6) is 0 Å². The molecule has 5 saturated heterocycles. The second-order valence-electron chi connectivity index (χ2n) is 20.0. The number of hydrogen-bond acceptors (Lipinski definition) is 19. The Hall–Kier alpha value is -7.93. The number of aromatic nitrogens is 6. The van der Waals surface area contributed by atoms with Gasteiger partial charge in [0.1, 0.15) is 42.9 Å². The number of ether oxygens (including phenoxy) is 1. The van der Waals surface area contributed by atoms with Gasteiger partial charge >= 0.3 is 11.9 Å². The summed E-state index contributed by atoms with van der Waals surface area (Å²) in [6.07, 6.45) is 12.7. The van der Waals surface area contributed by atoms with Gasteiger partial charge in [0.25, 0.3) is 33.4 Å². The van der Waals surface area contributed by atoms with Crippen molar-refractivity contribution in [3.63, 3.8) is 0 Å². The summed E-state index contributed by atoms with van der Waals surface area (Å²) in [5.74, 6) is -1.25. The number of nitrogens with one attached hydrogen (secondary N) is 3. The van der Waals surface area contributed by atoms with Crippen LogP contribution in [0.3, 0.4) is 0 Å². The second kappa shape index (κ2) is 21.8. The molecule has 8 heterocycles. The molecule has 0 radical (unpaired) electrons. The van der Waals surface area contributed by atoms with Gasteiger partial charge in [0.05, 0.1) is 54.5 Å². The summed E-state index contributed by atoms with van der Waals surface area (Å²) in [5.41, 5.74) is 3.47. The third-order valence-electron chi connectivity index (χ3n) is 13.7. The van der Waals surface area contributed by atoms with Crippen LogP contribution in [0.1, 0.15) is 76.5 Å². The highest BCUT2D eigenvalue weighted by Crippen LogP contribution is 2.45. The van der Waals surface area contributed by atoms with Crippen LogP contribution in [0.2, 0.25) is 0 Å². The number of benzene rings is 3. The number of esters is 1. The van der Waals surface area contributed by atoms with Crippen molar-refractivity contribution in [3.05, 3.63) is 105 Å². The molecular weight excluding hydrogens is 1060 g/mol. The molecule has 0 bridgehead atoms. The number of carbonyl (C=O) groups is 8. The van der Waals surface area contributed by atoms with Crippen LogP contribution in [-0.4, -0.2) is 112 Å². The van der Waals surface area contributed by atoms with Crippen LogP contribution in [0.25, 0.3) is 50.9 Å².